The summed E-state index contributed by atoms with van der Waals surface area (Å²) < 4.78 is 5.43. The Morgan fingerprint density at radius 1 is 1.37 bits per heavy atom. The Kier molecular flexibility index (Phi) is 4.93. The molecule has 8 heteroatoms. The first-order chi connectivity index (χ1) is 12.7. The van der Waals surface area contributed by atoms with Gasteiger partial charge >= 0.3 is 0 Å². The van der Waals surface area contributed by atoms with E-state index in [-0.39, 0.29) is 23.8 Å². The van der Waals surface area contributed by atoms with Crippen molar-refractivity contribution in [2.75, 3.05) is 11.9 Å². The van der Waals surface area contributed by atoms with Crippen LogP contribution in [0.1, 0.15) is 47.2 Å². The number of anilines is 1. The van der Waals surface area contributed by atoms with E-state index < -0.39 is 16.4 Å². The largest absolute Gasteiger partial charge is 0.466 e. The second-order valence-corrected chi connectivity index (χ2v) is 7.19. The van der Waals surface area contributed by atoms with Gasteiger partial charge in [-0.15, -0.1) is 0 Å². The molecule has 0 saturated heterocycles. The molecule has 1 aromatic carbocycles. The zero-order valence-electron chi connectivity index (χ0n) is 15.5. The third-order valence-electron chi connectivity index (χ3n) is 4.61. The normalized spacial score (nSPS) is 15.9. The second-order valence-electron chi connectivity index (χ2n) is 7.19. The fourth-order valence-corrected chi connectivity index (χ4v) is 3.01. The molecule has 1 unspecified atom stereocenters. The highest BCUT2D eigenvalue weighted by molar-refractivity contribution is 5.95. The van der Waals surface area contributed by atoms with Crippen molar-refractivity contribution in [2.45, 2.75) is 45.3 Å². The topological polar surface area (TPSA) is 118 Å². The second kappa shape index (κ2) is 7.03. The summed E-state index contributed by atoms with van der Waals surface area (Å²) in [7, 11) is 0. The number of rotatable bonds is 7. The zero-order valence-corrected chi connectivity index (χ0v) is 15.5. The number of furan rings is 1. The van der Waals surface area contributed by atoms with Gasteiger partial charge in [0, 0.05) is 23.2 Å². The molecular weight excluding hydrogens is 350 g/mol. The summed E-state index contributed by atoms with van der Waals surface area (Å²) in [5.74, 6) is 0.760. The first kappa shape index (κ1) is 18.9. The Hall–Kier alpha value is -2.87. The van der Waals surface area contributed by atoms with E-state index in [1.165, 1.54) is 12.1 Å². The summed E-state index contributed by atoms with van der Waals surface area (Å²) in [6.45, 7) is 5.05. The van der Waals surface area contributed by atoms with Crippen LogP contribution in [-0.4, -0.2) is 28.5 Å². The number of amides is 1. The zero-order chi connectivity index (χ0) is 19.8. The number of hydrogen-bond acceptors (Lipinski definition) is 6. The van der Waals surface area contributed by atoms with E-state index in [1.54, 1.807) is 32.9 Å². The van der Waals surface area contributed by atoms with Gasteiger partial charge in [-0.05, 0) is 51.8 Å². The van der Waals surface area contributed by atoms with Gasteiger partial charge in [0.15, 0.2) is 0 Å². The molecule has 144 valence electrons. The van der Waals surface area contributed by atoms with Crippen LogP contribution in [-0.2, 0) is 5.60 Å². The van der Waals surface area contributed by atoms with Gasteiger partial charge in [-0.1, -0.05) is 0 Å². The Morgan fingerprint density at radius 3 is 2.63 bits per heavy atom. The standard InChI is InChI=1S/C19H23N3O5/c1-11-8-15(12(2)27-11)19(3,24)10-20-18(23)13-4-7-16(21-14-5-6-14)17(9-13)22(25)26/h4,7-9,14,21,24H,5-6,10H2,1-3H3,(H,20,23). The molecule has 0 spiro atoms. The molecule has 1 aromatic heterocycles. The summed E-state index contributed by atoms with van der Waals surface area (Å²) in [6.07, 6.45) is 1.97. The van der Waals surface area contributed by atoms with E-state index in [0.717, 1.165) is 12.8 Å². The van der Waals surface area contributed by atoms with Gasteiger partial charge in [0.1, 0.15) is 22.8 Å². The average molecular weight is 373 g/mol. The van der Waals surface area contributed by atoms with Crippen LogP contribution in [0.15, 0.2) is 28.7 Å². The smallest absolute Gasteiger partial charge is 0.293 e. The first-order valence-corrected chi connectivity index (χ1v) is 8.80. The number of hydrogen-bond donors (Lipinski definition) is 3. The Morgan fingerprint density at radius 2 is 2.07 bits per heavy atom. The highest BCUT2D eigenvalue weighted by atomic mass is 16.6. The van der Waals surface area contributed by atoms with Crippen LogP contribution in [0.3, 0.4) is 0 Å². The number of nitrogens with zero attached hydrogens (tertiary/aromatic N) is 1. The van der Waals surface area contributed by atoms with Crippen molar-refractivity contribution in [3.63, 3.8) is 0 Å². The summed E-state index contributed by atoms with van der Waals surface area (Å²) in [6, 6.07) is 6.33. The van der Waals surface area contributed by atoms with Crippen LogP contribution in [0.25, 0.3) is 0 Å². The molecule has 0 aliphatic heterocycles. The lowest BCUT2D eigenvalue weighted by Gasteiger charge is -2.23. The maximum Gasteiger partial charge on any atom is 0.293 e. The molecule has 1 atom stereocenters. The number of aliphatic hydroxyl groups is 1. The maximum absolute atomic E-state index is 12.4. The lowest BCUT2D eigenvalue weighted by molar-refractivity contribution is -0.384. The predicted molar refractivity (Wildman–Crippen MR) is 99.8 cm³/mol. The molecule has 0 bridgehead atoms. The number of nitrogens with one attached hydrogen (secondary N) is 2. The SMILES string of the molecule is Cc1cc(C(C)(O)CNC(=O)c2ccc(NC3CC3)c([N+](=O)[O-])c2)c(C)o1. The molecule has 0 radical (unpaired) electrons. The number of carbonyl (C=O) groups is 1. The van der Waals surface area contributed by atoms with E-state index >= 15 is 0 Å². The monoisotopic (exact) mass is 373 g/mol. The minimum Gasteiger partial charge on any atom is -0.466 e. The van der Waals surface area contributed by atoms with Crippen LogP contribution >= 0.6 is 0 Å². The Bertz CT molecular complexity index is 883. The van der Waals surface area contributed by atoms with Gasteiger partial charge in [0.05, 0.1) is 11.5 Å². The molecular formula is C19H23N3O5. The Balaban J connectivity index is 1.72. The van der Waals surface area contributed by atoms with Crippen LogP contribution < -0.4 is 10.6 Å². The summed E-state index contributed by atoms with van der Waals surface area (Å²) in [5, 5.41) is 27.7. The van der Waals surface area contributed by atoms with E-state index in [9.17, 15) is 20.0 Å². The highest BCUT2D eigenvalue weighted by Crippen LogP contribution is 2.32. The van der Waals surface area contributed by atoms with Crippen molar-refractivity contribution >= 4 is 17.3 Å². The fourth-order valence-electron chi connectivity index (χ4n) is 3.01. The fraction of sp³-hybridized carbons (Fsp3) is 0.421. The number of benzene rings is 1. The van der Waals surface area contributed by atoms with Crippen molar-refractivity contribution in [3.8, 4) is 0 Å². The molecule has 27 heavy (non-hydrogen) atoms. The number of nitro groups is 1. The Labute approximate surface area is 156 Å². The maximum atomic E-state index is 12.4. The molecule has 3 N–H and O–H groups in total. The minimum absolute atomic E-state index is 0.0540. The molecule has 1 saturated carbocycles. The molecule has 1 aliphatic carbocycles. The van der Waals surface area contributed by atoms with E-state index in [4.69, 9.17) is 4.42 Å². The number of carbonyl (C=O) groups excluding carboxylic acids is 1. The number of nitro benzene ring substituents is 1. The molecule has 2 aromatic rings. The van der Waals surface area contributed by atoms with Gasteiger partial charge in [-0.3, -0.25) is 14.9 Å². The summed E-state index contributed by atoms with van der Waals surface area (Å²) in [4.78, 5) is 23.3. The van der Waals surface area contributed by atoms with Crippen molar-refractivity contribution in [3.05, 3.63) is 57.0 Å². The van der Waals surface area contributed by atoms with E-state index in [1.807, 2.05) is 0 Å². The summed E-state index contributed by atoms with van der Waals surface area (Å²) in [5.41, 5.74) is -0.288. The first-order valence-electron chi connectivity index (χ1n) is 8.80. The lowest BCUT2D eigenvalue weighted by atomic mass is 9.96. The summed E-state index contributed by atoms with van der Waals surface area (Å²) >= 11 is 0. The molecule has 8 nitrogen and oxygen atoms in total. The molecule has 3 rings (SSSR count). The van der Waals surface area contributed by atoms with Gasteiger partial charge in [-0.2, -0.15) is 0 Å². The predicted octanol–water partition coefficient (Wildman–Crippen LogP) is 3.02. The highest BCUT2D eigenvalue weighted by Gasteiger charge is 2.29. The molecule has 1 fully saturated rings. The van der Waals surface area contributed by atoms with Crippen LogP contribution in [0.4, 0.5) is 11.4 Å². The third-order valence-corrected chi connectivity index (χ3v) is 4.61. The van der Waals surface area contributed by atoms with Gasteiger partial charge in [0.2, 0.25) is 0 Å². The van der Waals surface area contributed by atoms with Crippen molar-refractivity contribution in [1.29, 1.82) is 0 Å². The average Bonchev–Trinajstić information content (AvgIpc) is 3.34. The third kappa shape index (κ3) is 4.28. The minimum atomic E-state index is -1.32. The van der Waals surface area contributed by atoms with Gasteiger partial charge in [0.25, 0.3) is 11.6 Å². The van der Waals surface area contributed by atoms with Gasteiger partial charge < -0.3 is 20.2 Å². The lowest BCUT2D eigenvalue weighted by Crippen LogP contribution is -2.38. The quantitative estimate of drug-likeness (QED) is 0.507. The van der Waals surface area contributed by atoms with E-state index in [2.05, 4.69) is 10.6 Å². The van der Waals surface area contributed by atoms with Crippen LogP contribution in [0, 0.1) is 24.0 Å². The molecule has 1 aliphatic rings. The number of aryl methyl sites for hydroxylation is 2. The van der Waals surface area contributed by atoms with Crippen molar-refractivity contribution in [1.82, 2.24) is 5.32 Å². The molecule has 1 heterocycles. The van der Waals surface area contributed by atoms with Gasteiger partial charge in [-0.25, -0.2) is 0 Å². The van der Waals surface area contributed by atoms with Crippen LogP contribution in [0.2, 0.25) is 0 Å². The van der Waals surface area contributed by atoms with E-state index in [0.29, 0.717) is 22.8 Å². The van der Waals surface area contributed by atoms with Crippen LogP contribution in [0.5, 0.6) is 0 Å². The van der Waals surface area contributed by atoms with Crippen molar-refractivity contribution < 1.29 is 19.2 Å². The molecule has 1 amide bonds. The van der Waals surface area contributed by atoms with Crippen molar-refractivity contribution in [2.24, 2.45) is 0 Å².